The first-order valence-electron chi connectivity index (χ1n) is 9.01. The Morgan fingerprint density at radius 2 is 1.68 bits per heavy atom. The average Bonchev–Trinajstić information content (AvgIpc) is 2.61. The van der Waals surface area contributed by atoms with Gasteiger partial charge in [0.1, 0.15) is 11.5 Å². The molecule has 1 heterocycles. The molecule has 1 aromatic heterocycles. The van der Waals surface area contributed by atoms with Crippen molar-refractivity contribution >= 4 is 23.2 Å². The minimum absolute atomic E-state index is 0.0700. The summed E-state index contributed by atoms with van der Waals surface area (Å²) in [5.41, 5.74) is 3.33. The van der Waals surface area contributed by atoms with Gasteiger partial charge in [-0.15, -0.1) is 0 Å². The van der Waals surface area contributed by atoms with Crippen LogP contribution in [0.2, 0.25) is 0 Å². The topological polar surface area (TPSA) is 66.9 Å². The van der Waals surface area contributed by atoms with Gasteiger partial charge in [-0.25, -0.2) is 14.4 Å². The Hall–Kier alpha value is -3.28. The molecular weight excluding hydrogens is 355 g/mol. The lowest BCUT2D eigenvalue weighted by Crippen LogP contribution is -2.15. The van der Waals surface area contributed by atoms with Crippen LogP contribution in [0.1, 0.15) is 42.5 Å². The van der Waals surface area contributed by atoms with Gasteiger partial charge in [-0.1, -0.05) is 39.0 Å². The highest BCUT2D eigenvalue weighted by atomic mass is 19.1. The van der Waals surface area contributed by atoms with Gasteiger partial charge in [-0.3, -0.25) is 4.79 Å². The Bertz CT molecular complexity index is 994. The van der Waals surface area contributed by atoms with E-state index in [-0.39, 0.29) is 11.1 Å². The van der Waals surface area contributed by atoms with Crippen molar-refractivity contribution in [2.24, 2.45) is 0 Å². The van der Waals surface area contributed by atoms with Crippen LogP contribution in [0.3, 0.4) is 0 Å². The number of nitrogens with zero attached hydrogens (tertiary/aromatic N) is 2. The summed E-state index contributed by atoms with van der Waals surface area (Å²) in [4.78, 5) is 21.1. The zero-order valence-electron chi connectivity index (χ0n) is 16.4. The molecule has 0 atom stereocenters. The fourth-order valence-corrected chi connectivity index (χ4v) is 2.68. The molecule has 3 aromatic rings. The van der Waals surface area contributed by atoms with E-state index in [1.54, 1.807) is 19.1 Å². The monoisotopic (exact) mass is 378 g/mol. The number of hydrogen-bond acceptors (Lipinski definition) is 4. The Kier molecular flexibility index (Phi) is 5.40. The molecule has 0 bridgehead atoms. The SMILES string of the molecule is Cc1cc(C(=O)Nc2cccc(F)c2)nc(Nc2ccc(C(C)(C)C)cc2)n1. The average molecular weight is 378 g/mol. The van der Waals surface area contributed by atoms with Crippen molar-refractivity contribution in [2.45, 2.75) is 33.1 Å². The summed E-state index contributed by atoms with van der Waals surface area (Å²) in [6.45, 7) is 8.25. The minimum Gasteiger partial charge on any atom is -0.324 e. The van der Waals surface area contributed by atoms with E-state index in [4.69, 9.17) is 0 Å². The molecule has 0 unspecified atom stereocenters. The number of benzene rings is 2. The molecule has 0 radical (unpaired) electrons. The number of halogens is 1. The molecule has 2 N–H and O–H groups in total. The van der Waals surface area contributed by atoms with Crippen LogP contribution in [0.25, 0.3) is 0 Å². The molecule has 0 fully saturated rings. The second-order valence-corrected chi connectivity index (χ2v) is 7.63. The number of anilines is 3. The number of nitrogens with one attached hydrogen (secondary N) is 2. The number of rotatable bonds is 4. The fourth-order valence-electron chi connectivity index (χ4n) is 2.68. The Labute approximate surface area is 164 Å². The first kappa shape index (κ1) is 19.5. The molecular formula is C22H23FN4O. The van der Waals surface area contributed by atoms with Gasteiger partial charge in [-0.05, 0) is 54.3 Å². The molecule has 0 saturated carbocycles. The van der Waals surface area contributed by atoms with Crippen molar-refractivity contribution in [1.29, 1.82) is 0 Å². The molecule has 0 aliphatic heterocycles. The molecule has 3 rings (SSSR count). The van der Waals surface area contributed by atoms with E-state index in [9.17, 15) is 9.18 Å². The molecule has 1 amide bonds. The van der Waals surface area contributed by atoms with Crippen molar-refractivity contribution in [3.05, 3.63) is 77.4 Å². The van der Waals surface area contributed by atoms with Crippen LogP contribution in [0.15, 0.2) is 54.6 Å². The standard InChI is InChI=1S/C22H23FN4O/c1-14-12-19(20(28)25-18-7-5-6-16(23)13-18)27-21(24-14)26-17-10-8-15(9-11-17)22(2,3)4/h5-13H,1-4H3,(H,25,28)(H,24,26,27). The zero-order chi connectivity index (χ0) is 20.3. The summed E-state index contributed by atoms with van der Waals surface area (Å²) in [6.07, 6.45) is 0. The van der Waals surface area contributed by atoms with Crippen LogP contribution in [-0.2, 0) is 5.41 Å². The van der Waals surface area contributed by atoms with Gasteiger partial charge in [0, 0.05) is 17.1 Å². The Morgan fingerprint density at radius 3 is 2.32 bits per heavy atom. The lowest BCUT2D eigenvalue weighted by molar-refractivity contribution is 0.102. The van der Waals surface area contributed by atoms with Crippen molar-refractivity contribution in [2.75, 3.05) is 10.6 Å². The third-order valence-electron chi connectivity index (χ3n) is 4.18. The van der Waals surface area contributed by atoms with Gasteiger partial charge >= 0.3 is 0 Å². The third-order valence-corrected chi connectivity index (χ3v) is 4.18. The summed E-state index contributed by atoms with van der Waals surface area (Å²) < 4.78 is 13.3. The van der Waals surface area contributed by atoms with Gasteiger partial charge in [0.05, 0.1) is 0 Å². The molecule has 144 valence electrons. The van der Waals surface area contributed by atoms with Gasteiger partial charge in [0.15, 0.2) is 0 Å². The van der Waals surface area contributed by atoms with Crippen molar-refractivity contribution in [1.82, 2.24) is 9.97 Å². The van der Waals surface area contributed by atoms with E-state index in [1.165, 1.54) is 23.8 Å². The molecule has 2 aromatic carbocycles. The van der Waals surface area contributed by atoms with E-state index >= 15 is 0 Å². The predicted molar refractivity (Wildman–Crippen MR) is 110 cm³/mol. The van der Waals surface area contributed by atoms with Gasteiger partial charge in [0.2, 0.25) is 5.95 Å². The Morgan fingerprint density at radius 1 is 0.964 bits per heavy atom. The van der Waals surface area contributed by atoms with Crippen molar-refractivity contribution in [3.63, 3.8) is 0 Å². The molecule has 0 spiro atoms. The second kappa shape index (κ2) is 7.76. The quantitative estimate of drug-likeness (QED) is 0.653. The number of amides is 1. The summed E-state index contributed by atoms with van der Waals surface area (Å²) in [5.74, 6) is -0.521. The fraction of sp³-hybridized carbons (Fsp3) is 0.227. The minimum atomic E-state index is -0.428. The molecule has 5 nitrogen and oxygen atoms in total. The number of hydrogen-bond donors (Lipinski definition) is 2. The maximum Gasteiger partial charge on any atom is 0.274 e. The summed E-state index contributed by atoms with van der Waals surface area (Å²) >= 11 is 0. The predicted octanol–water partition coefficient (Wildman–Crippen LogP) is 5.22. The highest BCUT2D eigenvalue weighted by molar-refractivity contribution is 6.03. The normalized spacial score (nSPS) is 11.2. The molecule has 0 saturated heterocycles. The molecule has 0 aliphatic carbocycles. The number of carbonyl (C=O) groups is 1. The van der Waals surface area contributed by atoms with E-state index < -0.39 is 11.7 Å². The zero-order valence-corrected chi connectivity index (χ0v) is 16.4. The van der Waals surface area contributed by atoms with E-state index in [1.807, 2.05) is 12.1 Å². The van der Waals surface area contributed by atoms with Crippen LogP contribution in [0.4, 0.5) is 21.7 Å². The van der Waals surface area contributed by atoms with Gasteiger partial charge in [0.25, 0.3) is 5.91 Å². The molecule has 28 heavy (non-hydrogen) atoms. The highest BCUT2D eigenvalue weighted by Crippen LogP contribution is 2.24. The summed E-state index contributed by atoms with van der Waals surface area (Å²) in [6, 6.07) is 15.3. The first-order chi connectivity index (χ1) is 13.2. The highest BCUT2D eigenvalue weighted by Gasteiger charge is 2.14. The summed E-state index contributed by atoms with van der Waals surface area (Å²) in [7, 11) is 0. The lowest BCUT2D eigenvalue weighted by atomic mass is 9.87. The van der Waals surface area contributed by atoms with Crippen LogP contribution in [0, 0.1) is 12.7 Å². The largest absolute Gasteiger partial charge is 0.324 e. The number of carbonyl (C=O) groups excluding carboxylic acids is 1. The number of aryl methyl sites for hydroxylation is 1. The third kappa shape index (κ3) is 4.91. The van der Waals surface area contributed by atoms with Crippen LogP contribution in [-0.4, -0.2) is 15.9 Å². The van der Waals surface area contributed by atoms with E-state index in [0.717, 1.165) is 5.69 Å². The van der Waals surface area contributed by atoms with E-state index in [0.29, 0.717) is 17.3 Å². The molecule has 6 heteroatoms. The summed E-state index contributed by atoms with van der Waals surface area (Å²) in [5, 5.41) is 5.77. The van der Waals surface area contributed by atoms with Crippen LogP contribution >= 0.6 is 0 Å². The number of aromatic nitrogens is 2. The second-order valence-electron chi connectivity index (χ2n) is 7.63. The van der Waals surface area contributed by atoms with Crippen LogP contribution < -0.4 is 10.6 Å². The van der Waals surface area contributed by atoms with Crippen molar-refractivity contribution in [3.8, 4) is 0 Å². The Balaban J connectivity index is 1.78. The smallest absolute Gasteiger partial charge is 0.274 e. The maximum absolute atomic E-state index is 13.3. The van der Waals surface area contributed by atoms with E-state index in [2.05, 4.69) is 53.5 Å². The van der Waals surface area contributed by atoms with Gasteiger partial charge in [-0.2, -0.15) is 0 Å². The van der Waals surface area contributed by atoms with Crippen LogP contribution in [0.5, 0.6) is 0 Å². The van der Waals surface area contributed by atoms with Crippen molar-refractivity contribution < 1.29 is 9.18 Å². The van der Waals surface area contributed by atoms with Gasteiger partial charge < -0.3 is 10.6 Å². The lowest BCUT2D eigenvalue weighted by Gasteiger charge is -2.19. The first-order valence-corrected chi connectivity index (χ1v) is 9.01. The maximum atomic E-state index is 13.3. The molecule has 0 aliphatic rings.